The summed E-state index contributed by atoms with van der Waals surface area (Å²) in [7, 11) is 0. The molecular formula is C21H21FIN5O2S. The lowest BCUT2D eigenvalue weighted by Gasteiger charge is -2.10. The van der Waals surface area contributed by atoms with Gasteiger partial charge >= 0.3 is 0 Å². The van der Waals surface area contributed by atoms with E-state index in [0.29, 0.717) is 17.5 Å². The Morgan fingerprint density at radius 1 is 1.19 bits per heavy atom. The van der Waals surface area contributed by atoms with E-state index in [1.807, 2.05) is 36.6 Å². The molecule has 1 heterocycles. The molecule has 2 amide bonds. The lowest BCUT2D eigenvalue weighted by Crippen LogP contribution is -2.25. The van der Waals surface area contributed by atoms with Crippen molar-refractivity contribution in [2.24, 2.45) is 0 Å². The third-order valence-corrected chi connectivity index (χ3v) is 6.07. The second kappa shape index (κ2) is 10.7. The van der Waals surface area contributed by atoms with Crippen LogP contribution in [0.1, 0.15) is 28.7 Å². The predicted octanol–water partition coefficient (Wildman–Crippen LogP) is 4.01. The molecule has 0 unspecified atom stereocenters. The van der Waals surface area contributed by atoms with Crippen LogP contribution in [-0.2, 0) is 17.9 Å². The minimum Gasteiger partial charge on any atom is -0.345 e. The average molecular weight is 553 g/mol. The van der Waals surface area contributed by atoms with Crippen LogP contribution in [0.4, 0.5) is 10.1 Å². The summed E-state index contributed by atoms with van der Waals surface area (Å²) in [6.07, 6.45) is 0. The molecule has 10 heteroatoms. The molecule has 0 spiro atoms. The quantitative estimate of drug-likeness (QED) is 0.325. The number of aryl methyl sites for hydroxylation is 1. The third-order valence-electron chi connectivity index (χ3n) is 4.43. The summed E-state index contributed by atoms with van der Waals surface area (Å²) >= 11 is 3.49. The molecule has 0 aliphatic heterocycles. The maximum absolute atomic E-state index is 13.8. The van der Waals surface area contributed by atoms with Crippen molar-refractivity contribution in [1.82, 2.24) is 20.1 Å². The molecule has 2 aromatic carbocycles. The molecule has 3 rings (SSSR count). The molecule has 0 saturated carbocycles. The van der Waals surface area contributed by atoms with Crippen molar-refractivity contribution in [1.29, 1.82) is 0 Å². The van der Waals surface area contributed by atoms with Gasteiger partial charge in [0.25, 0.3) is 5.91 Å². The van der Waals surface area contributed by atoms with Gasteiger partial charge in [0.2, 0.25) is 5.91 Å². The van der Waals surface area contributed by atoms with Crippen molar-refractivity contribution in [3.8, 4) is 0 Å². The van der Waals surface area contributed by atoms with Crippen molar-refractivity contribution in [2.45, 2.75) is 32.1 Å². The Balaban J connectivity index is 1.58. The van der Waals surface area contributed by atoms with E-state index < -0.39 is 11.7 Å². The zero-order valence-corrected chi connectivity index (χ0v) is 20.0. The van der Waals surface area contributed by atoms with Crippen LogP contribution < -0.4 is 10.6 Å². The van der Waals surface area contributed by atoms with Gasteiger partial charge in [-0.05, 0) is 72.3 Å². The number of amides is 2. The zero-order chi connectivity index (χ0) is 22.4. The lowest BCUT2D eigenvalue weighted by molar-refractivity contribution is -0.113. The number of aromatic nitrogens is 3. The second-order valence-corrected chi connectivity index (χ2v) is 8.79. The van der Waals surface area contributed by atoms with Crippen molar-refractivity contribution in [2.75, 3.05) is 11.1 Å². The maximum Gasteiger partial charge on any atom is 0.254 e. The van der Waals surface area contributed by atoms with Crippen LogP contribution in [-0.4, -0.2) is 32.3 Å². The molecular weight excluding hydrogens is 532 g/mol. The first kappa shape index (κ1) is 23.2. The monoisotopic (exact) mass is 553 g/mol. The van der Waals surface area contributed by atoms with Crippen LogP contribution in [0, 0.1) is 16.3 Å². The van der Waals surface area contributed by atoms with Crippen molar-refractivity contribution < 1.29 is 14.0 Å². The number of rotatable bonds is 8. The molecule has 0 bridgehead atoms. The predicted molar refractivity (Wildman–Crippen MR) is 127 cm³/mol. The van der Waals surface area contributed by atoms with Gasteiger partial charge in [0.1, 0.15) is 5.82 Å². The Kier molecular flexibility index (Phi) is 8.02. The van der Waals surface area contributed by atoms with Gasteiger partial charge in [0, 0.05) is 15.8 Å². The number of carbonyl (C=O) groups is 2. The first-order chi connectivity index (χ1) is 14.9. The molecule has 3 aromatic rings. The molecule has 31 heavy (non-hydrogen) atoms. The summed E-state index contributed by atoms with van der Waals surface area (Å²) in [4.78, 5) is 24.6. The molecule has 0 radical (unpaired) electrons. The molecule has 0 saturated heterocycles. The summed E-state index contributed by atoms with van der Waals surface area (Å²) in [5.41, 5.74) is 1.75. The SMILES string of the molecule is CCn1c(CNC(=O)c2ccccc2F)nnc1SCC(=O)Nc1ccc(I)cc1C. The standard InChI is InChI=1S/C21H21FIN5O2S/c1-3-28-18(11-24-20(30)15-6-4-5-7-16(15)22)26-27-21(28)31-12-19(29)25-17-9-8-14(23)10-13(17)2/h4-10H,3,11-12H2,1-2H3,(H,24,30)(H,25,29). The van der Waals surface area contributed by atoms with Gasteiger partial charge in [-0.15, -0.1) is 10.2 Å². The van der Waals surface area contributed by atoms with Crippen molar-refractivity contribution in [3.05, 3.63) is 68.8 Å². The highest BCUT2D eigenvalue weighted by Gasteiger charge is 2.16. The van der Waals surface area contributed by atoms with E-state index in [2.05, 4.69) is 43.4 Å². The number of halogens is 2. The summed E-state index contributed by atoms with van der Waals surface area (Å²) in [6, 6.07) is 11.6. The number of hydrogen-bond donors (Lipinski definition) is 2. The summed E-state index contributed by atoms with van der Waals surface area (Å²) in [6.45, 7) is 4.53. The van der Waals surface area contributed by atoms with Crippen molar-refractivity contribution >= 4 is 51.9 Å². The topological polar surface area (TPSA) is 88.9 Å². The highest BCUT2D eigenvalue weighted by molar-refractivity contribution is 14.1. The summed E-state index contributed by atoms with van der Waals surface area (Å²) in [5.74, 6) is -0.545. The van der Waals surface area contributed by atoms with Crippen LogP contribution in [0.3, 0.4) is 0 Å². The minimum absolute atomic E-state index is 0.0257. The van der Waals surface area contributed by atoms with E-state index in [0.717, 1.165) is 14.8 Å². The Bertz CT molecular complexity index is 1110. The van der Waals surface area contributed by atoms with Gasteiger partial charge in [0.15, 0.2) is 11.0 Å². The Labute approximate surface area is 197 Å². The first-order valence-electron chi connectivity index (χ1n) is 9.52. The maximum atomic E-state index is 13.8. The van der Waals surface area contributed by atoms with Crippen LogP contribution in [0.15, 0.2) is 47.6 Å². The van der Waals surface area contributed by atoms with E-state index in [4.69, 9.17) is 0 Å². The Morgan fingerprint density at radius 3 is 2.68 bits per heavy atom. The third kappa shape index (κ3) is 6.03. The Hall–Kier alpha value is -2.47. The molecule has 7 nitrogen and oxygen atoms in total. The van der Waals surface area contributed by atoms with Gasteiger partial charge in [0.05, 0.1) is 17.9 Å². The molecule has 162 valence electrons. The highest BCUT2D eigenvalue weighted by Crippen LogP contribution is 2.20. The van der Waals surface area contributed by atoms with E-state index in [9.17, 15) is 14.0 Å². The van der Waals surface area contributed by atoms with E-state index in [1.54, 1.807) is 6.07 Å². The fourth-order valence-electron chi connectivity index (χ4n) is 2.86. The van der Waals surface area contributed by atoms with Gasteiger partial charge in [-0.3, -0.25) is 9.59 Å². The molecule has 0 aliphatic rings. The van der Waals surface area contributed by atoms with Gasteiger partial charge < -0.3 is 15.2 Å². The smallest absolute Gasteiger partial charge is 0.254 e. The molecule has 2 N–H and O–H groups in total. The number of benzene rings is 2. The number of anilines is 1. The Morgan fingerprint density at radius 2 is 1.97 bits per heavy atom. The minimum atomic E-state index is -0.581. The van der Waals surface area contributed by atoms with Crippen LogP contribution in [0.5, 0.6) is 0 Å². The van der Waals surface area contributed by atoms with E-state index in [-0.39, 0.29) is 23.8 Å². The molecule has 0 atom stereocenters. The number of thioether (sulfide) groups is 1. The van der Waals surface area contributed by atoms with Gasteiger partial charge in [-0.25, -0.2) is 4.39 Å². The first-order valence-corrected chi connectivity index (χ1v) is 11.6. The van der Waals surface area contributed by atoms with E-state index in [1.165, 1.54) is 30.0 Å². The highest BCUT2D eigenvalue weighted by atomic mass is 127. The van der Waals surface area contributed by atoms with Gasteiger partial charge in [-0.2, -0.15) is 0 Å². The summed E-state index contributed by atoms with van der Waals surface area (Å²) < 4.78 is 16.7. The van der Waals surface area contributed by atoms with E-state index >= 15 is 0 Å². The molecule has 0 fully saturated rings. The number of nitrogens with zero attached hydrogens (tertiary/aromatic N) is 3. The average Bonchev–Trinajstić information content (AvgIpc) is 3.14. The fourth-order valence-corrected chi connectivity index (χ4v) is 4.33. The van der Waals surface area contributed by atoms with Gasteiger partial charge in [-0.1, -0.05) is 23.9 Å². The summed E-state index contributed by atoms with van der Waals surface area (Å²) in [5, 5.41) is 14.4. The largest absolute Gasteiger partial charge is 0.345 e. The lowest BCUT2D eigenvalue weighted by atomic mass is 10.2. The van der Waals surface area contributed by atoms with Crippen LogP contribution in [0.2, 0.25) is 0 Å². The van der Waals surface area contributed by atoms with Crippen LogP contribution in [0.25, 0.3) is 0 Å². The number of carbonyl (C=O) groups excluding carboxylic acids is 2. The number of hydrogen-bond acceptors (Lipinski definition) is 5. The number of nitrogens with one attached hydrogen (secondary N) is 2. The fraction of sp³-hybridized carbons (Fsp3) is 0.238. The zero-order valence-electron chi connectivity index (χ0n) is 17.0. The normalized spacial score (nSPS) is 10.7. The second-order valence-electron chi connectivity index (χ2n) is 6.60. The molecule has 0 aliphatic carbocycles. The van der Waals surface area contributed by atoms with Crippen LogP contribution >= 0.6 is 34.4 Å². The molecule has 1 aromatic heterocycles. The van der Waals surface area contributed by atoms with Crippen molar-refractivity contribution in [3.63, 3.8) is 0 Å².